The minimum absolute atomic E-state index is 0.0905. The number of nitrogens with zero attached hydrogens (tertiary/aromatic N) is 4. The fourth-order valence-electron chi connectivity index (χ4n) is 3.57. The predicted octanol–water partition coefficient (Wildman–Crippen LogP) is 6.13. The van der Waals surface area contributed by atoms with Crippen LogP contribution in [0.25, 0.3) is 0 Å². The van der Waals surface area contributed by atoms with Crippen molar-refractivity contribution in [2.24, 2.45) is 10.2 Å². The fourth-order valence-corrected chi connectivity index (χ4v) is 6.24. The third kappa shape index (κ3) is 5.80. The molecule has 0 unspecified atom stereocenters. The lowest BCUT2D eigenvalue weighted by molar-refractivity contribution is -0.113. The van der Waals surface area contributed by atoms with Crippen LogP contribution in [0, 0.1) is 0 Å². The van der Waals surface area contributed by atoms with Crippen molar-refractivity contribution in [1.29, 1.82) is 0 Å². The van der Waals surface area contributed by atoms with Crippen LogP contribution in [-0.4, -0.2) is 33.7 Å². The molecule has 1 fully saturated rings. The lowest BCUT2D eigenvalue weighted by atomic mass is 9.95. The number of benzene rings is 2. The maximum absolute atomic E-state index is 13.0. The van der Waals surface area contributed by atoms with E-state index >= 15 is 0 Å². The van der Waals surface area contributed by atoms with Gasteiger partial charge >= 0.3 is 0 Å². The van der Waals surface area contributed by atoms with Crippen molar-refractivity contribution in [1.82, 2.24) is 0 Å². The Morgan fingerprint density at radius 3 is 1.58 bits per heavy atom. The van der Waals surface area contributed by atoms with Crippen LogP contribution < -0.4 is 9.35 Å². The number of ketones is 1. The summed E-state index contributed by atoms with van der Waals surface area (Å²) in [5.74, 6) is 0.0905. The van der Waals surface area contributed by atoms with Crippen LogP contribution in [0.1, 0.15) is 19.3 Å². The predicted molar refractivity (Wildman–Crippen MR) is 138 cm³/mol. The number of para-hydroxylation sites is 2. The minimum Gasteiger partial charge on any atom is -0.295 e. The molecule has 0 heterocycles. The Bertz CT molecular complexity index is 961. The lowest BCUT2D eigenvalue weighted by Gasteiger charge is -2.34. The fraction of sp³-hybridized carbons (Fsp3) is 0.375. The number of carbonyl (C=O) groups excluding carboxylic acids is 1. The summed E-state index contributed by atoms with van der Waals surface area (Å²) in [5.41, 5.74) is 3.42. The molecule has 31 heavy (non-hydrogen) atoms. The van der Waals surface area contributed by atoms with Crippen molar-refractivity contribution in [2.45, 2.75) is 58.5 Å². The summed E-state index contributed by atoms with van der Waals surface area (Å²) in [4.78, 5) is 13.0. The highest BCUT2D eigenvalue weighted by molar-refractivity contribution is 6.81. The van der Waals surface area contributed by atoms with Crippen molar-refractivity contribution in [3.05, 3.63) is 60.7 Å². The highest BCUT2D eigenvalue weighted by Crippen LogP contribution is 2.26. The first-order chi connectivity index (χ1) is 14.6. The molecule has 1 saturated carbocycles. The van der Waals surface area contributed by atoms with Crippen LogP contribution in [0.4, 0.5) is 11.4 Å². The second kappa shape index (κ2) is 9.32. The van der Waals surface area contributed by atoms with Gasteiger partial charge in [-0.3, -0.25) is 14.1 Å². The Morgan fingerprint density at radius 2 is 1.13 bits per heavy atom. The molecular formula is C24H34N4OSi2. The van der Waals surface area contributed by atoms with Gasteiger partial charge in [-0.15, -0.1) is 0 Å². The highest BCUT2D eigenvalue weighted by atomic mass is 28.3. The molecule has 0 saturated heterocycles. The average Bonchev–Trinajstić information content (AvgIpc) is 2.71. The molecule has 1 aliphatic rings. The summed E-state index contributed by atoms with van der Waals surface area (Å²) in [7, 11) is -3.71. The maximum atomic E-state index is 13.0. The molecule has 0 aromatic heterocycles. The maximum Gasteiger partial charge on any atom is 0.184 e. The Kier molecular flexibility index (Phi) is 6.96. The molecule has 3 rings (SSSR count). The van der Waals surface area contributed by atoms with E-state index in [0.717, 1.165) is 29.9 Å². The van der Waals surface area contributed by atoms with E-state index in [4.69, 9.17) is 10.2 Å². The van der Waals surface area contributed by atoms with Gasteiger partial charge < -0.3 is 0 Å². The molecule has 0 N–H and O–H groups in total. The molecule has 2 aromatic rings. The molecule has 5 nitrogen and oxygen atoms in total. The van der Waals surface area contributed by atoms with Gasteiger partial charge in [0.05, 0.1) is 5.71 Å². The number of hydrogen-bond acceptors (Lipinski definition) is 5. The molecule has 164 valence electrons. The van der Waals surface area contributed by atoms with E-state index in [9.17, 15) is 4.79 Å². The summed E-state index contributed by atoms with van der Waals surface area (Å²) >= 11 is 0. The van der Waals surface area contributed by atoms with Crippen molar-refractivity contribution < 1.29 is 4.79 Å². The second-order valence-electron chi connectivity index (χ2n) is 9.91. The quantitative estimate of drug-likeness (QED) is 0.392. The molecule has 0 radical (unpaired) electrons. The monoisotopic (exact) mass is 450 g/mol. The van der Waals surface area contributed by atoms with Gasteiger partial charge in [-0.2, -0.15) is 10.2 Å². The second-order valence-corrected chi connectivity index (χ2v) is 19.4. The van der Waals surface area contributed by atoms with Crippen molar-refractivity contribution in [3.63, 3.8) is 0 Å². The summed E-state index contributed by atoms with van der Waals surface area (Å²) in [5, 5.41) is 10.1. The van der Waals surface area contributed by atoms with E-state index in [2.05, 4.69) is 72.9 Å². The van der Waals surface area contributed by atoms with Gasteiger partial charge in [0.25, 0.3) is 0 Å². The van der Waals surface area contributed by atoms with Gasteiger partial charge in [0.2, 0.25) is 0 Å². The van der Waals surface area contributed by atoms with E-state index < -0.39 is 16.5 Å². The molecule has 0 aliphatic heterocycles. The van der Waals surface area contributed by atoms with Crippen LogP contribution in [0.2, 0.25) is 39.3 Å². The van der Waals surface area contributed by atoms with Gasteiger partial charge in [0.1, 0.15) is 5.71 Å². The standard InChI is InChI=1S/C24H34N4OSi2/c1-30(2,3)27(20-14-9-7-10-15-20)25-22-18-13-19-23(29)24(22)26-28(31(4,5)6)21-16-11-8-12-17-21/h7-12,14-17H,13,18-19H2,1-6H3/b25-22-,26-24-. The average molecular weight is 451 g/mol. The van der Waals surface area contributed by atoms with E-state index in [-0.39, 0.29) is 5.78 Å². The van der Waals surface area contributed by atoms with Crippen LogP contribution in [0.3, 0.4) is 0 Å². The van der Waals surface area contributed by atoms with Crippen molar-refractivity contribution >= 4 is 45.1 Å². The zero-order valence-electron chi connectivity index (χ0n) is 19.6. The molecule has 1 aliphatic carbocycles. The first-order valence-corrected chi connectivity index (χ1v) is 17.9. The van der Waals surface area contributed by atoms with Crippen LogP contribution in [-0.2, 0) is 4.79 Å². The lowest BCUT2D eigenvalue weighted by Crippen LogP contribution is -2.47. The minimum atomic E-state index is -1.88. The summed E-state index contributed by atoms with van der Waals surface area (Å²) < 4.78 is 4.24. The molecule has 0 bridgehead atoms. The van der Waals surface area contributed by atoms with Gasteiger partial charge in [-0.05, 0) is 76.4 Å². The van der Waals surface area contributed by atoms with Crippen LogP contribution in [0.5, 0.6) is 0 Å². The Hall–Kier alpha value is -2.52. The number of anilines is 2. The van der Waals surface area contributed by atoms with E-state index in [0.29, 0.717) is 12.1 Å². The Balaban J connectivity index is 2.11. The van der Waals surface area contributed by atoms with Crippen LogP contribution in [0.15, 0.2) is 70.9 Å². The first kappa shape index (κ1) is 23.2. The van der Waals surface area contributed by atoms with E-state index in [1.54, 1.807) is 0 Å². The molecule has 2 aromatic carbocycles. The molecule has 0 amide bonds. The normalized spacial score (nSPS) is 17.8. The molecule has 0 atom stereocenters. The van der Waals surface area contributed by atoms with Crippen LogP contribution >= 0.6 is 0 Å². The van der Waals surface area contributed by atoms with Gasteiger partial charge in [0, 0.05) is 17.8 Å². The van der Waals surface area contributed by atoms with Crippen molar-refractivity contribution in [2.75, 3.05) is 9.35 Å². The zero-order chi connectivity index (χ0) is 22.6. The van der Waals surface area contributed by atoms with Gasteiger partial charge in [0.15, 0.2) is 22.3 Å². The third-order valence-corrected chi connectivity index (χ3v) is 8.31. The number of hydrogen-bond donors (Lipinski definition) is 0. The largest absolute Gasteiger partial charge is 0.295 e. The number of Topliss-reactive ketones (excluding diaryl/α,β-unsaturated/α-hetero) is 1. The molecular weight excluding hydrogens is 416 g/mol. The Morgan fingerprint density at radius 1 is 0.677 bits per heavy atom. The Labute approximate surface area is 188 Å². The number of rotatable bonds is 6. The summed E-state index contributed by atoms with van der Waals surface area (Å²) in [6.07, 6.45) is 2.13. The SMILES string of the molecule is C[Si](C)(C)N(/N=C1/CCCC(=O)/C1=N\N(c1ccccc1)[Si](C)(C)C)c1ccccc1. The van der Waals surface area contributed by atoms with Gasteiger partial charge in [-0.25, -0.2) is 0 Å². The molecule has 0 spiro atoms. The topological polar surface area (TPSA) is 48.3 Å². The van der Waals surface area contributed by atoms with E-state index in [1.165, 1.54) is 0 Å². The summed E-state index contributed by atoms with van der Waals surface area (Å²) in [6, 6.07) is 20.4. The number of hydrazone groups is 2. The van der Waals surface area contributed by atoms with E-state index in [1.807, 2.05) is 36.4 Å². The molecule has 7 heteroatoms. The smallest absolute Gasteiger partial charge is 0.184 e. The highest BCUT2D eigenvalue weighted by Gasteiger charge is 2.32. The first-order valence-electron chi connectivity index (χ1n) is 11.0. The van der Waals surface area contributed by atoms with Crippen molar-refractivity contribution in [3.8, 4) is 0 Å². The zero-order valence-corrected chi connectivity index (χ0v) is 21.6. The summed E-state index contributed by atoms with van der Waals surface area (Å²) in [6.45, 7) is 13.5. The third-order valence-electron chi connectivity index (χ3n) is 5.05. The van der Waals surface area contributed by atoms with Gasteiger partial charge in [-0.1, -0.05) is 36.4 Å². The number of carbonyl (C=O) groups is 1.